The average molecular weight is 274 g/mol. The Kier molecular flexibility index (Phi) is 5.98. The number of aromatic nitrogens is 2. The smallest absolute Gasteiger partial charge is 0.326 e. The number of amides is 2. The van der Waals surface area contributed by atoms with Crippen LogP contribution in [-0.2, 0) is 11.3 Å². The third kappa shape index (κ3) is 5.04. The van der Waals surface area contributed by atoms with Gasteiger partial charge in [0.05, 0.1) is 6.54 Å². The summed E-state index contributed by atoms with van der Waals surface area (Å²) >= 11 is 1.52. The van der Waals surface area contributed by atoms with Crippen molar-refractivity contribution < 1.29 is 19.2 Å². The van der Waals surface area contributed by atoms with E-state index in [1.807, 2.05) is 6.26 Å². The van der Waals surface area contributed by atoms with E-state index in [1.165, 1.54) is 11.8 Å². The van der Waals surface area contributed by atoms with Gasteiger partial charge in [0.25, 0.3) is 0 Å². The number of thioether (sulfide) groups is 1. The zero-order valence-corrected chi connectivity index (χ0v) is 10.6. The minimum Gasteiger partial charge on any atom is -0.480 e. The van der Waals surface area contributed by atoms with Crippen molar-refractivity contribution in [2.45, 2.75) is 19.0 Å². The molecule has 0 aliphatic heterocycles. The van der Waals surface area contributed by atoms with E-state index >= 15 is 0 Å². The number of nitrogens with one attached hydrogen (secondary N) is 2. The van der Waals surface area contributed by atoms with Gasteiger partial charge in [0.2, 0.25) is 6.39 Å². The normalized spacial score (nSPS) is 11.8. The van der Waals surface area contributed by atoms with Gasteiger partial charge in [-0.1, -0.05) is 5.16 Å². The van der Waals surface area contributed by atoms with Gasteiger partial charge in [-0.2, -0.15) is 16.7 Å². The van der Waals surface area contributed by atoms with E-state index in [2.05, 4.69) is 25.3 Å². The molecule has 1 aromatic heterocycles. The lowest BCUT2D eigenvalue weighted by molar-refractivity contribution is -0.139. The maximum absolute atomic E-state index is 11.4. The van der Waals surface area contributed by atoms with Crippen LogP contribution in [0.25, 0.3) is 0 Å². The topological polar surface area (TPSA) is 117 Å². The molecule has 0 aliphatic carbocycles. The number of aliphatic carboxylic acids is 1. The highest BCUT2D eigenvalue weighted by molar-refractivity contribution is 7.98. The summed E-state index contributed by atoms with van der Waals surface area (Å²) in [6.45, 7) is 0.0806. The standard InChI is InChI=1S/C9H14N4O4S/c1-18-3-2-6(8(14)15)12-9(16)10-4-7-11-5-17-13-7/h5-6H,2-4H2,1H3,(H,14,15)(H2,10,12,16)/t6-/m1/s1. The van der Waals surface area contributed by atoms with Gasteiger partial charge in [-0.25, -0.2) is 9.59 Å². The molecular weight excluding hydrogens is 260 g/mol. The first-order valence-corrected chi connectivity index (χ1v) is 6.54. The van der Waals surface area contributed by atoms with Crippen molar-refractivity contribution in [3.05, 3.63) is 12.2 Å². The number of carboxylic acids is 1. The fraction of sp³-hybridized carbons (Fsp3) is 0.556. The molecule has 1 heterocycles. The molecule has 100 valence electrons. The number of urea groups is 1. The summed E-state index contributed by atoms with van der Waals surface area (Å²) in [7, 11) is 0. The van der Waals surface area contributed by atoms with Crippen molar-refractivity contribution in [2.24, 2.45) is 0 Å². The Morgan fingerprint density at radius 3 is 2.94 bits per heavy atom. The predicted octanol–water partition coefficient (Wildman–Crippen LogP) is 0.0751. The van der Waals surface area contributed by atoms with Gasteiger partial charge >= 0.3 is 12.0 Å². The zero-order chi connectivity index (χ0) is 13.4. The SMILES string of the molecule is CSCC[C@@H](NC(=O)NCc1ncon1)C(=O)O. The molecule has 0 unspecified atom stereocenters. The van der Waals surface area contributed by atoms with E-state index in [0.29, 0.717) is 18.0 Å². The summed E-state index contributed by atoms with van der Waals surface area (Å²) in [6.07, 6.45) is 3.38. The second-order valence-corrected chi connectivity index (χ2v) is 4.33. The highest BCUT2D eigenvalue weighted by atomic mass is 32.2. The average Bonchev–Trinajstić information content (AvgIpc) is 2.84. The molecule has 0 bridgehead atoms. The van der Waals surface area contributed by atoms with E-state index in [1.54, 1.807) is 0 Å². The Hall–Kier alpha value is -1.77. The molecule has 0 aromatic carbocycles. The lowest BCUT2D eigenvalue weighted by atomic mass is 10.2. The fourth-order valence-corrected chi connectivity index (χ4v) is 1.60. The van der Waals surface area contributed by atoms with Crippen molar-refractivity contribution in [3.63, 3.8) is 0 Å². The quantitative estimate of drug-likeness (QED) is 0.644. The van der Waals surface area contributed by atoms with E-state index < -0.39 is 18.0 Å². The van der Waals surface area contributed by atoms with Gasteiger partial charge in [-0.15, -0.1) is 0 Å². The van der Waals surface area contributed by atoms with Gasteiger partial charge in [0.1, 0.15) is 6.04 Å². The van der Waals surface area contributed by atoms with Gasteiger partial charge in [0.15, 0.2) is 5.82 Å². The monoisotopic (exact) mass is 274 g/mol. The molecule has 2 amide bonds. The van der Waals surface area contributed by atoms with E-state index in [0.717, 1.165) is 6.39 Å². The van der Waals surface area contributed by atoms with Gasteiger partial charge in [0, 0.05) is 0 Å². The lowest BCUT2D eigenvalue weighted by Gasteiger charge is -2.13. The van der Waals surface area contributed by atoms with Crippen LogP contribution >= 0.6 is 11.8 Å². The number of hydrogen-bond donors (Lipinski definition) is 3. The molecule has 0 aliphatic rings. The van der Waals surface area contributed by atoms with E-state index in [4.69, 9.17) is 5.11 Å². The lowest BCUT2D eigenvalue weighted by Crippen LogP contribution is -2.46. The number of carbonyl (C=O) groups is 2. The molecule has 3 N–H and O–H groups in total. The van der Waals surface area contributed by atoms with Gasteiger partial charge in [-0.05, 0) is 18.4 Å². The van der Waals surface area contributed by atoms with Gasteiger partial charge in [-0.3, -0.25) is 0 Å². The molecular formula is C9H14N4O4S. The Morgan fingerprint density at radius 2 is 2.39 bits per heavy atom. The Labute approximate surface area is 108 Å². The largest absolute Gasteiger partial charge is 0.480 e. The molecule has 18 heavy (non-hydrogen) atoms. The van der Waals surface area contributed by atoms with Crippen LogP contribution in [0.4, 0.5) is 4.79 Å². The molecule has 0 radical (unpaired) electrons. The molecule has 0 saturated carbocycles. The van der Waals surface area contributed by atoms with Crippen LogP contribution in [0.1, 0.15) is 12.2 Å². The molecule has 0 saturated heterocycles. The molecule has 9 heteroatoms. The van der Waals surface area contributed by atoms with Crippen LogP contribution in [0.2, 0.25) is 0 Å². The molecule has 0 spiro atoms. The predicted molar refractivity (Wildman–Crippen MR) is 64.1 cm³/mol. The Bertz CT molecular complexity index is 384. The van der Waals surface area contributed by atoms with Crippen molar-refractivity contribution in [3.8, 4) is 0 Å². The Balaban J connectivity index is 2.34. The number of rotatable bonds is 7. The van der Waals surface area contributed by atoms with Crippen LogP contribution < -0.4 is 10.6 Å². The highest BCUT2D eigenvalue weighted by Gasteiger charge is 2.19. The summed E-state index contributed by atoms with van der Waals surface area (Å²) in [4.78, 5) is 26.0. The van der Waals surface area contributed by atoms with Crippen LogP contribution in [-0.4, -0.2) is 45.3 Å². The van der Waals surface area contributed by atoms with Crippen LogP contribution in [0.15, 0.2) is 10.9 Å². The second kappa shape index (κ2) is 7.54. The first-order valence-electron chi connectivity index (χ1n) is 5.15. The first-order chi connectivity index (χ1) is 8.63. The Morgan fingerprint density at radius 1 is 1.61 bits per heavy atom. The summed E-state index contributed by atoms with van der Waals surface area (Å²) in [5, 5.41) is 17.2. The molecule has 0 fully saturated rings. The first kappa shape index (κ1) is 14.3. The van der Waals surface area contributed by atoms with Gasteiger partial charge < -0.3 is 20.3 Å². The summed E-state index contributed by atoms with van der Waals surface area (Å²) < 4.78 is 4.49. The van der Waals surface area contributed by atoms with Crippen LogP contribution in [0, 0.1) is 0 Å². The maximum atomic E-state index is 11.4. The van der Waals surface area contributed by atoms with Crippen molar-refractivity contribution in [1.29, 1.82) is 0 Å². The second-order valence-electron chi connectivity index (χ2n) is 3.35. The van der Waals surface area contributed by atoms with Crippen LogP contribution in [0.3, 0.4) is 0 Å². The van der Waals surface area contributed by atoms with Crippen molar-refractivity contribution in [2.75, 3.05) is 12.0 Å². The van der Waals surface area contributed by atoms with Crippen molar-refractivity contribution in [1.82, 2.24) is 20.8 Å². The minimum absolute atomic E-state index is 0.0806. The number of nitrogens with zero attached hydrogens (tertiary/aromatic N) is 2. The van der Waals surface area contributed by atoms with Crippen LogP contribution in [0.5, 0.6) is 0 Å². The third-order valence-corrected chi connectivity index (χ3v) is 2.67. The number of carbonyl (C=O) groups excluding carboxylic acids is 1. The fourth-order valence-electron chi connectivity index (χ4n) is 1.13. The molecule has 1 rings (SSSR count). The van der Waals surface area contributed by atoms with E-state index in [-0.39, 0.29) is 6.54 Å². The molecule has 1 aromatic rings. The summed E-state index contributed by atoms with van der Waals surface area (Å²) in [6, 6.07) is -1.48. The molecule has 8 nitrogen and oxygen atoms in total. The number of hydrogen-bond acceptors (Lipinski definition) is 6. The third-order valence-electron chi connectivity index (χ3n) is 2.03. The maximum Gasteiger partial charge on any atom is 0.326 e. The van der Waals surface area contributed by atoms with E-state index in [9.17, 15) is 9.59 Å². The molecule has 1 atom stereocenters. The highest BCUT2D eigenvalue weighted by Crippen LogP contribution is 2.00. The van der Waals surface area contributed by atoms with Crippen molar-refractivity contribution >= 4 is 23.8 Å². The summed E-state index contributed by atoms with van der Waals surface area (Å²) in [5.74, 6) is -0.0814. The number of carboxylic acid groups (broad SMARTS) is 1. The summed E-state index contributed by atoms with van der Waals surface area (Å²) in [5.41, 5.74) is 0. The minimum atomic E-state index is -1.06. The zero-order valence-electron chi connectivity index (χ0n) is 9.75.